The highest BCUT2D eigenvalue weighted by molar-refractivity contribution is 5.81. The van der Waals surface area contributed by atoms with E-state index in [4.69, 9.17) is 4.74 Å². The second kappa shape index (κ2) is 8.77. The van der Waals surface area contributed by atoms with Crippen LogP contribution < -0.4 is 5.32 Å². The number of nitrogens with one attached hydrogen (secondary N) is 1. The van der Waals surface area contributed by atoms with Gasteiger partial charge in [0.25, 0.3) is 0 Å². The Morgan fingerprint density at radius 3 is 2.28 bits per heavy atom. The summed E-state index contributed by atoms with van der Waals surface area (Å²) in [6.07, 6.45) is -2.00. The number of rotatable bonds is 8. The van der Waals surface area contributed by atoms with Gasteiger partial charge in [-0.3, -0.25) is 9.59 Å². The van der Waals surface area contributed by atoms with Gasteiger partial charge in [0.1, 0.15) is 0 Å². The van der Waals surface area contributed by atoms with Crippen LogP contribution in [0.15, 0.2) is 0 Å². The zero-order valence-corrected chi connectivity index (χ0v) is 10.3. The number of ether oxygens (including phenoxy) is 1. The molecule has 1 N–H and O–H groups in total. The van der Waals surface area contributed by atoms with Crippen molar-refractivity contribution in [2.45, 2.75) is 45.2 Å². The summed E-state index contributed by atoms with van der Waals surface area (Å²) in [7, 11) is 0. The van der Waals surface area contributed by atoms with Crippen LogP contribution in [0.3, 0.4) is 0 Å². The Hall–Kier alpha value is -1.27. The van der Waals surface area contributed by atoms with Crippen molar-refractivity contribution in [2.24, 2.45) is 0 Å². The largest absolute Gasteiger partial charge is 0.471 e. The van der Waals surface area contributed by atoms with Gasteiger partial charge >= 0.3 is 18.1 Å². The number of alkyl halides is 3. The molecule has 0 atom stereocenters. The molecule has 0 aromatic heterocycles. The van der Waals surface area contributed by atoms with Crippen molar-refractivity contribution in [1.29, 1.82) is 0 Å². The Balaban J connectivity index is 3.37. The van der Waals surface area contributed by atoms with E-state index in [9.17, 15) is 22.8 Å². The van der Waals surface area contributed by atoms with E-state index < -0.39 is 12.1 Å². The highest BCUT2D eigenvalue weighted by Crippen LogP contribution is 2.14. The second-order valence-electron chi connectivity index (χ2n) is 3.72. The van der Waals surface area contributed by atoms with E-state index in [1.54, 1.807) is 12.2 Å². The first kappa shape index (κ1) is 16.7. The van der Waals surface area contributed by atoms with Gasteiger partial charge in [-0.2, -0.15) is 13.2 Å². The van der Waals surface area contributed by atoms with Crippen LogP contribution in [0.25, 0.3) is 0 Å². The van der Waals surface area contributed by atoms with Gasteiger partial charge in [0.2, 0.25) is 0 Å². The van der Waals surface area contributed by atoms with Crippen LogP contribution in [0, 0.1) is 0 Å². The molecule has 7 heteroatoms. The zero-order valence-electron chi connectivity index (χ0n) is 10.3. The molecule has 0 saturated carbocycles. The minimum atomic E-state index is -4.82. The average molecular weight is 269 g/mol. The number of esters is 1. The molecule has 0 radical (unpaired) electrons. The predicted molar refractivity (Wildman–Crippen MR) is 58.8 cm³/mol. The highest BCUT2D eigenvalue weighted by atomic mass is 19.4. The van der Waals surface area contributed by atoms with Gasteiger partial charge < -0.3 is 10.1 Å². The topological polar surface area (TPSA) is 55.4 Å². The number of carbonyl (C=O) groups is 2. The third-order valence-corrected chi connectivity index (χ3v) is 2.16. The fourth-order valence-electron chi connectivity index (χ4n) is 1.28. The molecule has 106 valence electrons. The zero-order chi connectivity index (χ0) is 14.0. The predicted octanol–water partition coefficient (Wildman–Crippen LogP) is 2.18. The summed E-state index contributed by atoms with van der Waals surface area (Å²) in [6.45, 7) is 2.07. The first-order chi connectivity index (χ1) is 8.38. The Kier molecular flexibility index (Phi) is 8.15. The molecular weight excluding hydrogens is 251 g/mol. The number of unbranched alkanes of at least 4 members (excludes halogenated alkanes) is 3. The number of amides is 1. The van der Waals surface area contributed by atoms with Crippen molar-refractivity contribution >= 4 is 11.9 Å². The number of hydrogen-bond donors (Lipinski definition) is 1. The van der Waals surface area contributed by atoms with Crippen LogP contribution in [-0.4, -0.2) is 31.2 Å². The Bertz CT molecular complexity index is 267. The summed E-state index contributed by atoms with van der Waals surface area (Å²) in [5.74, 6) is -2.17. The lowest BCUT2D eigenvalue weighted by Gasteiger charge is -2.07. The molecule has 4 nitrogen and oxygen atoms in total. The van der Waals surface area contributed by atoms with Crippen molar-refractivity contribution < 1.29 is 27.5 Å². The van der Waals surface area contributed by atoms with E-state index in [0.29, 0.717) is 32.3 Å². The standard InChI is InChI=1S/C11H18F3NO3/c1-2-18-9(16)7-5-3-4-6-8-15-10(17)11(12,13)14/h2-8H2,1H3,(H,15,17). The lowest BCUT2D eigenvalue weighted by molar-refractivity contribution is -0.173. The van der Waals surface area contributed by atoms with Crippen LogP contribution in [0.2, 0.25) is 0 Å². The molecule has 0 heterocycles. The number of halogens is 3. The molecule has 0 bridgehead atoms. The normalized spacial score (nSPS) is 11.1. The van der Waals surface area contributed by atoms with Gasteiger partial charge in [0, 0.05) is 13.0 Å². The van der Waals surface area contributed by atoms with Crippen LogP contribution in [0.5, 0.6) is 0 Å². The SMILES string of the molecule is CCOC(=O)CCCCCCNC(=O)C(F)(F)F. The second-order valence-corrected chi connectivity index (χ2v) is 3.72. The smallest absolute Gasteiger partial charge is 0.466 e. The van der Waals surface area contributed by atoms with E-state index in [1.807, 2.05) is 0 Å². The molecule has 0 aromatic rings. The average Bonchev–Trinajstić information content (AvgIpc) is 2.26. The van der Waals surface area contributed by atoms with E-state index in [-0.39, 0.29) is 12.5 Å². The fraction of sp³-hybridized carbons (Fsp3) is 0.818. The number of hydrogen-bond acceptors (Lipinski definition) is 3. The van der Waals surface area contributed by atoms with Crippen molar-refractivity contribution in [2.75, 3.05) is 13.2 Å². The first-order valence-corrected chi connectivity index (χ1v) is 5.88. The summed E-state index contributed by atoms with van der Waals surface area (Å²) >= 11 is 0. The van der Waals surface area contributed by atoms with Gasteiger partial charge in [-0.15, -0.1) is 0 Å². The van der Waals surface area contributed by atoms with Crippen LogP contribution in [0.1, 0.15) is 39.0 Å². The molecule has 0 aliphatic carbocycles. The van der Waals surface area contributed by atoms with Gasteiger partial charge in [0.05, 0.1) is 6.61 Å². The van der Waals surface area contributed by atoms with Gasteiger partial charge in [0.15, 0.2) is 0 Å². The Labute approximate surface area is 104 Å². The lowest BCUT2D eigenvalue weighted by atomic mass is 10.1. The molecular formula is C11H18F3NO3. The van der Waals surface area contributed by atoms with E-state index in [2.05, 4.69) is 0 Å². The lowest BCUT2D eigenvalue weighted by Crippen LogP contribution is -2.37. The molecule has 0 unspecified atom stereocenters. The molecule has 1 amide bonds. The maximum atomic E-state index is 11.8. The van der Waals surface area contributed by atoms with Crippen LogP contribution >= 0.6 is 0 Å². The minimum absolute atomic E-state index is 0.00223. The van der Waals surface area contributed by atoms with Crippen LogP contribution in [-0.2, 0) is 14.3 Å². The third kappa shape index (κ3) is 8.83. The first-order valence-electron chi connectivity index (χ1n) is 5.88. The van der Waals surface area contributed by atoms with Gasteiger partial charge in [-0.05, 0) is 19.8 Å². The van der Waals surface area contributed by atoms with E-state index in [0.717, 1.165) is 6.42 Å². The van der Waals surface area contributed by atoms with Gasteiger partial charge in [-0.25, -0.2) is 0 Å². The van der Waals surface area contributed by atoms with Crippen molar-refractivity contribution in [1.82, 2.24) is 5.32 Å². The summed E-state index contributed by atoms with van der Waals surface area (Å²) in [5, 5.41) is 1.79. The molecule has 0 rings (SSSR count). The maximum Gasteiger partial charge on any atom is 0.471 e. The van der Waals surface area contributed by atoms with Crippen molar-refractivity contribution in [3.8, 4) is 0 Å². The molecule has 0 fully saturated rings. The highest BCUT2D eigenvalue weighted by Gasteiger charge is 2.38. The molecule has 18 heavy (non-hydrogen) atoms. The van der Waals surface area contributed by atoms with Crippen molar-refractivity contribution in [3.63, 3.8) is 0 Å². The summed E-state index contributed by atoms with van der Waals surface area (Å²) in [5.41, 5.74) is 0. The molecule has 0 saturated heterocycles. The minimum Gasteiger partial charge on any atom is -0.466 e. The summed E-state index contributed by atoms with van der Waals surface area (Å²) < 4.78 is 40.0. The quantitative estimate of drug-likeness (QED) is 0.543. The van der Waals surface area contributed by atoms with E-state index in [1.165, 1.54) is 0 Å². The van der Waals surface area contributed by atoms with E-state index >= 15 is 0 Å². The monoisotopic (exact) mass is 269 g/mol. The molecule has 0 aliphatic rings. The van der Waals surface area contributed by atoms with Crippen LogP contribution in [0.4, 0.5) is 13.2 Å². The maximum absolute atomic E-state index is 11.8. The fourth-order valence-corrected chi connectivity index (χ4v) is 1.28. The summed E-state index contributed by atoms with van der Waals surface area (Å²) in [6, 6.07) is 0. The summed E-state index contributed by atoms with van der Waals surface area (Å²) in [4.78, 5) is 21.3. The number of carbonyl (C=O) groups excluding carboxylic acids is 2. The van der Waals surface area contributed by atoms with Crippen molar-refractivity contribution in [3.05, 3.63) is 0 Å². The Morgan fingerprint density at radius 2 is 1.72 bits per heavy atom. The Morgan fingerprint density at radius 1 is 1.11 bits per heavy atom. The third-order valence-electron chi connectivity index (χ3n) is 2.16. The molecule has 0 spiro atoms. The molecule has 0 aromatic carbocycles. The molecule has 0 aliphatic heterocycles. The van der Waals surface area contributed by atoms with Gasteiger partial charge in [-0.1, -0.05) is 12.8 Å².